The number of thioether (sulfide) groups is 1. The number of rotatable bonds is 5. The minimum absolute atomic E-state index is 0.183. The molecule has 0 unspecified atom stereocenters. The van der Waals surface area contributed by atoms with Gasteiger partial charge in [-0.05, 0) is 46.5 Å². The Kier molecular flexibility index (Phi) is 5.62. The van der Waals surface area contributed by atoms with E-state index >= 15 is 0 Å². The summed E-state index contributed by atoms with van der Waals surface area (Å²) in [4.78, 5) is 12.4. The molecule has 4 rings (SSSR count). The molecule has 0 saturated heterocycles. The summed E-state index contributed by atoms with van der Waals surface area (Å²) in [5, 5.41) is 11.2. The van der Waals surface area contributed by atoms with Gasteiger partial charge >= 0.3 is 5.51 Å². The monoisotopic (exact) mass is 519 g/mol. The number of hydrogen-bond acceptors (Lipinski definition) is 4. The Morgan fingerprint density at radius 1 is 1.33 bits per heavy atom. The quantitative estimate of drug-likeness (QED) is 0.470. The first-order valence-corrected chi connectivity index (χ1v) is 10.7. The van der Waals surface area contributed by atoms with Gasteiger partial charge in [0.1, 0.15) is 5.03 Å². The van der Waals surface area contributed by atoms with Crippen molar-refractivity contribution in [2.75, 3.05) is 0 Å². The Bertz CT molecular complexity index is 1130. The van der Waals surface area contributed by atoms with E-state index in [2.05, 4.69) is 31.4 Å². The first-order chi connectivity index (χ1) is 14.1. The zero-order chi connectivity index (χ0) is 21.6. The predicted molar refractivity (Wildman–Crippen MR) is 111 cm³/mol. The third kappa shape index (κ3) is 4.52. The molecule has 12 heteroatoms. The van der Waals surface area contributed by atoms with Gasteiger partial charge in [-0.15, -0.1) is 0 Å². The number of nitrogens with zero attached hydrogens (tertiary/aromatic N) is 4. The molecule has 1 aromatic carbocycles. The fourth-order valence-electron chi connectivity index (χ4n) is 2.85. The second kappa shape index (κ2) is 7.93. The minimum Gasteiger partial charge on any atom is -0.349 e. The SMILES string of the molecule is Cn1nc(SC(F)(F)F)c(Br)c1-n1cc(-c2ccc(Cl)c(C(=O)NC3CC3)c2)cn1. The fraction of sp³-hybridized carbons (Fsp3) is 0.278. The summed E-state index contributed by atoms with van der Waals surface area (Å²) >= 11 is 9.08. The predicted octanol–water partition coefficient (Wildman–Crippen LogP) is 5.19. The number of carbonyl (C=O) groups excluding carboxylic acids is 1. The molecule has 0 spiro atoms. The van der Waals surface area contributed by atoms with E-state index in [4.69, 9.17) is 11.6 Å². The minimum atomic E-state index is -4.45. The summed E-state index contributed by atoms with van der Waals surface area (Å²) in [5.41, 5.74) is -2.72. The van der Waals surface area contributed by atoms with Crippen LogP contribution in [0.25, 0.3) is 16.9 Å². The van der Waals surface area contributed by atoms with E-state index in [1.807, 2.05) is 0 Å². The maximum atomic E-state index is 12.7. The molecule has 0 atom stereocenters. The number of hydrogen-bond donors (Lipinski definition) is 1. The smallest absolute Gasteiger partial charge is 0.349 e. The zero-order valence-corrected chi connectivity index (χ0v) is 18.5. The maximum Gasteiger partial charge on any atom is 0.447 e. The van der Waals surface area contributed by atoms with Crippen LogP contribution in [0.1, 0.15) is 23.2 Å². The topological polar surface area (TPSA) is 64.7 Å². The number of alkyl halides is 3. The number of aromatic nitrogens is 4. The van der Waals surface area contributed by atoms with Crippen molar-refractivity contribution in [3.63, 3.8) is 0 Å². The van der Waals surface area contributed by atoms with Crippen molar-refractivity contribution < 1.29 is 18.0 Å². The van der Waals surface area contributed by atoms with E-state index in [0.717, 1.165) is 12.8 Å². The molecular formula is C18H14BrClF3N5OS. The van der Waals surface area contributed by atoms with E-state index < -0.39 is 5.51 Å². The number of carbonyl (C=O) groups is 1. The average molecular weight is 521 g/mol. The van der Waals surface area contributed by atoms with E-state index in [0.29, 0.717) is 27.5 Å². The molecule has 2 heterocycles. The Balaban J connectivity index is 1.64. The maximum absolute atomic E-state index is 12.7. The van der Waals surface area contributed by atoms with Gasteiger partial charge in [-0.1, -0.05) is 17.7 Å². The number of nitrogens with one attached hydrogen (secondary N) is 1. The highest BCUT2D eigenvalue weighted by Crippen LogP contribution is 2.41. The van der Waals surface area contributed by atoms with Gasteiger partial charge in [0.05, 0.1) is 21.3 Å². The van der Waals surface area contributed by atoms with Gasteiger partial charge in [0.2, 0.25) is 0 Å². The van der Waals surface area contributed by atoms with E-state index in [9.17, 15) is 18.0 Å². The highest BCUT2D eigenvalue weighted by molar-refractivity contribution is 9.10. The molecule has 0 aliphatic heterocycles. The lowest BCUT2D eigenvalue weighted by Gasteiger charge is -2.07. The molecule has 1 amide bonds. The van der Waals surface area contributed by atoms with E-state index in [1.165, 1.54) is 16.4 Å². The number of benzene rings is 1. The van der Waals surface area contributed by atoms with Crippen molar-refractivity contribution in [2.24, 2.45) is 7.05 Å². The molecule has 6 nitrogen and oxygen atoms in total. The molecule has 1 saturated carbocycles. The Morgan fingerprint density at radius 2 is 2.07 bits per heavy atom. The molecule has 158 valence electrons. The van der Waals surface area contributed by atoms with E-state index in [1.54, 1.807) is 30.6 Å². The van der Waals surface area contributed by atoms with Crippen molar-refractivity contribution in [3.8, 4) is 16.9 Å². The van der Waals surface area contributed by atoms with Crippen LogP contribution in [0.5, 0.6) is 0 Å². The third-order valence-corrected chi connectivity index (χ3v) is 6.43. The Labute approximate surface area is 186 Å². The Morgan fingerprint density at radius 3 is 2.73 bits per heavy atom. The summed E-state index contributed by atoms with van der Waals surface area (Å²) in [6.45, 7) is 0. The van der Waals surface area contributed by atoms with Crippen LogP contribution in [0, 0.1) is 0 Å². The van der Waals surface area contributed by atoms with Gasteiger partial charge in [-0.25, -0.2) is 9.36 Å². The molecule has 1 aliphatic rings. The first-order valence-electron chi connectivity index (χ1n) is 8.76. The van der Waals surface area contributed by atoms with Crippen molar-refractivity contribution in [2.45, 2.75) is 29.4 Å². The van der Waals surface area contributed by atoms with Gasteiger partial charge in [0.25, 0.3) is 5.91 Å². The number of amides is 1. The fourth-order valence-corrected chi connectivity index (χ4v) is 4.37. The summed E-state index contributed by atoms with van der Waals surface area (Å²) < 4.78 is 41.1. The highest BCUT2D eigenvalue weighted by Gasteiger charge is 2.33. The van der Waals surface area contributed by atoms with Crippen molar-refractivity contribution >= 4 is 45.2 Å². The van der Waals surface area contributed by atoms with Crippen LogP contribution in [0.4, 0.5) is 13.2 Å². The summed E-state index contributed by atoms with van der Waals surface area (Å²) in [7, 11) is 1.53. The molecule has 1 aliphatic carbocycles. The molecule has 0 bridgehead atoms. The van der Waals surface area contributed by atoms with Crippen molar-refractivity contribution in [1.82, 2.24) is 24.9 Å². The van der Waals surface area contributed by atoms with Gasteiger partial charge in [-0.3, -0.25) is 4.79 Å². The molecule has 2 aromatic heterocycles. The van der Waals surface area contributed by atoms with E-state index in [-0.39, 0.29) is 33.2 Å². The molecule has 0 radical (unpaired) electrons. The van der Waals surface area contributed by atoms with Crippen LogP contribution in [-0.4, -0.2) is 37.0 Å². The van der Waals surface area contributed by atoms with Crippen LogP contribution >= 0.6 is 39.3 Å². The lowest BCUT2D eigenvalue weighted by molar-refractivity contribution is -0.0329. The van der Waals surface area contributed by atoms with Crippen LogP contribution in [0.15, 0.2) is 40.1 Å². The lowest BCUT2D eigenvalue weighted by atomic mass is 10.1. The van der Waals surface area contributed by atoms with Crippen molar-refractivity contribution in [1.29, 1.82) is 0 Å². The molecule has 1 N–H and O–H groups in total. The number of aryl methyl sites for hydroxylation is 1. The summed E-state index contributed by atoms with van der Waals surface area (Å²) in [6, 6.07) is 5.26. The number of halogens is 5. The molecule has 1 fully saturated rings. The van der Waals surface area contributed by atoms with Gasteiger partial charge < -0.3 is 5.32 Å². The van der Waals surface area contributed by atoms with Crippen LogP contribution in [0.3, 0.4) is 0 Å². The largest absolute Gasteiger partial charge is 0.447 e. The van der Waals surface area contributed by atoms with Crippen LogP contribution < -0.4 is 5.32 Å². The van der Waals surface area contributed by atoms with Crippen LogP contribution in [-0.2, 0) is 7.05 Å². The summed E-state index contributed by atoms with van der Waals surface area (Å²) in [5.74, 6) is 0.105. The molecular weight excluding hydrogens is 507 g/mol. The molecule has 3 aromatic rings. The summed E-state index contributed by atoms with van der Waals surface area (Å²) in [6.07, 6.45) is 5.13. The van der Waals surface area contributed by atoms with Gasteiger partial charge in [0.15, 0.2) is 5.82 Å². The first kappa shape index (κ1) is 21.3. The van der Waals surface area contributed by atoms with Crippen LogP contribution in [0.2, 0.25) is 5.02 Å². The Hall–Kier alpha value is -1.98. The van der Waals surface area contributed by atoms with Gasteiger partial charge in [-0.2, -0.15) is 23.4 Å². The lowest BCUT2D eigenvalue weighted by Crippen LogP contribution is -2.25. The second-order valence-electron chi connectivity index (χ2n) is 6.73. The average Bonchev–Trinajstić information content (AvgIpc) is 3.26. The second-order valence-corrected chi connectivity index (χ2v) is 8.98. The van der Waals surface area contributed by atoms with Crippen molar-refractivity contribution in [3.05, 3.63) is 45.7 Å². The normalized spacial score (nSPS) is 14.2. The van der Waals surface area contributed by atoms with Gasteiger partial charge in [0, 0.05) is 36.6 Å². The standard InChI is InChI=1S/C18H14BrClF3N5OS/c1-27-17(14(19)16(26-27)30-18(21,22)23)28-8-10(7-24-28)9-2-5-13(20)12(6-9)15(29)25-11-3-4-11/h2,5-8,11H,3-4H2,1H3,(H,25,29). The molecule has 30 heavy (non-hydrogen) atoms. The zero-order valence-electron chi connectivity index (χ0n) is 15.4. The highest BCUT2D eigenvalue weighted by atomic mass is 79.9. The third-order valence-electron chi connectivity index (χ3n) is 4.40.